The van der Waals surface area contributed by atoms with Crippen molar-refractivity contribution in [3.05, 3.63) is 11.5 Å². The first-order valence-electron chi connectivity index (χ1n) is 6.76. The lowest BCUT2D eigenvalue weighted by Crippen LogP contribution is -2.37. The van der Waals surface area contributed by atoms with Crippen LogP contribution >= 0.6 is 11.6 Å². The molecule has 1 atom stereocenters. The van der Waals surface area contributed by atoms with Crippen LogP contribution in [0.3, 0.4) is 0 Å². The van der Waals surface area contributed by atoms with Gasteiger partial charge in [0.05, 0.1) is 12.9 Å². The van der Waals surface area contributed by atoms with Crippen LogP contribution in [0.15, 0.2) is 11.4 Å². The molecule has 2 heterocycles. The minimum atomic E-state index is -3.62. The van der Waals surface area contributed by atoms with Crippen LogP contribution in [0.2, 0.25) is 5.15 Å². The lowest BCUT2D eigenvalue weighted by molar-refractivity contribution is 0.180. The Morgan fingerprint density at radius 1 is 1.50 bits per heavy atom. The number of sulfonamides is 1. The Kier molecular flexibility index (Phi) is 3.79. The molecule has 1 aliphatic heterocycles. The number of aromatic nitrogens is 2. The molecular formula is C12H18ClN3O3S. The van der Waals surface area contributed by atoms with Gasteiger partial charge in [0.2, 0.25) is 5.03 Å². The van der Waals surface area contributed by atoms with Gasteiger partial charge in [0.1, 0.15) is 5.15 Å². The summed E-state index contributed by atoms with van der Waals surface area (Å²) in [7, 11) is -1.94. The number of imidazole rings is 1. The van der Waals surface area contributed by atoms with Gasteiger partial charge in [0.15, 0.2) is 0 Å². The smallest absolute Gasteiger partial charge is 0.263 e. The maximum Gasteiger partial charge on any atom is 0.263 e. The van der Waals surface area contributed by atoms with Gasteiger partial charge in [-0.15, -0.1) is 0 Å². The van der Waals surface area contributed by atoms with E-state index >= 15 is 0 Å². The van der Waals surface area contributed by atoms with Crippen molar-refractivity contribution in [1.82, 2.24) is 13.9 Å². The molecule has 0 radical (unpaired) electrons. The summed E-state index contributed by atoms with van der Waals surface area (Å²) < 4.78 is 33.9. The molecule has 1 aromatic heterocycles. The fourth-order valence-electron chi connectivity index (χ4n) is 2.47. The summed E-state index contributed by atoms with van der Waals surface area (Å²) in [4.78, 5) is 3.96. The number of hydrogen-bond acceptors (Lipinski definition) is 4. The summed E-state index contributed by atoms with van der Waals surface area (Å²) in [5.41, 5.74) is 0. The van der Waals surface area contributed by atoms with E-state index in [2.05, 4.69) is 4.98 Å². The molecule has 112 valence electrons. The van der Waals surface area contributed by atoms with Gasteiger partial charge in [-0.1, -0.05) is 11.6 Å². The van der Waals surface area contributed by atoms with Crippen molar-refractivity contribution in [3.8, 4) is 0 Å². The van der Waals surface area contributed by atoms with Gasteiger partial charge in [-0.05, 0) is 25.2 Å². The van der Waals surface area contributed by atoms with Gasteiger partial charge in [-0.2, -0.15) is 4.31 Å². The molecule has 6 nitrogen and oxygen atoms in total. The molecule has 2 fully saturated rings. The van der Waals surface area contributed by atoms with Crippen molar-refractivity contribution in [1.29, 1.82) is 0 Å². The van der Waals surface area contributed by atoms with Gasteiger partial charge in [-0.3, -0.25) is 0 Å². The zero-order chi connectivity index (χ0) is 14.3. The summed E-state index contributed by atoms with van der Waals surface area (Å²) in [6, 6.07) is 0.0960. The first-order valence-corrected chi connectivity index (χ1v) is 8.58. The van der Waals surface area contributed by atoms with E-state index in [1.165, 1.54) is 10.9 Å². The Morgan fingerprint density at radius 2 is 2.25 bits per heavy atom. The zero-order valence-electron chi connectivity index (χ0n) is 11.3. The Labute approximate surface area is 123 Å². The Bertz CT molecular complexity index is 591. The largest absolute Gasteiger partial charge is 0.381 e. The molecule has 0 spiro atoms. The van der Waals surface area contributed by atoms with E-state index in [0.717, 1.165) is 19.3 Å². The van der Waals surface area contributed by atoms with Crippen molar-refractivity contribution >= 4 is 21.6 Å². The molecule has 1 aromatic rings. The first kappa shape index (κ1) is 14.3. The third-order valence-corrected chi connectivity index (χ3v) is 6.21. The number of aryl methyl sites for hydroxylation is 1. The highest BCUT2D eigenvalue weighted by molar-refractivity contribution is 7.89. The van der Waals surface area contributed by atoms with Crippen molar-refractivity contribution in [2.24, 2.45) is 13.0 Å². The van der Waals surface area contributed by atoms with E-state index in [-0.39, 0.29) is 22.1 Å². The Morgan fingerprint density at radius 3 is 2.75 bits per heavy atom. The molecule has 20 heavy (non-hydrogen) atoms. The predicted molar refractivity (Wildman–Crippen MR) is 74.1 cm³/mol. The van der Waals surface area contributed by atoms with Crippen LogP contribution in [0.25, 0.3) is 0 Å². The number of halogens is 1. The van der Waals surface area contributed by atoms with Gasteiger partial charge in [0.25, 0.3) is 10.0 Å². The monoisotopic (exact) mass is 319 g/mol. The van der Waals surface area contributed by atoms with E-state index in [9.17, 15) is 8.42 Å². The summed E-state index contributed by atoms with van der Waals surface area (Å²) in [6.07, 6.45) is 4.17. The fourth-order valence-corrected chi connectivity index (χ4v) is 4.62. The van der Waals surface area contributed by atoms with Gasteiger partial charge >= 0.3 is 0 Å². The van der Waals surface area contributed by atoms with Crippen molar-refractivity contribution < 1.29 is 13.2 Å². The molecule has 0 unspecified atom stereocenters. The summed E-state index contributed by atoms with van der Waals surface area (Å²) >= 11 is 6.05. The minimum absolute atomic E-state index is 0.0347. The topological polar surface area (TPSA) is 64.4 Å². The van der Waals surface area contributed by atoms with Crippen LogP contribution in [0.1, 0.15) is 19.3 Å². The highest BCUT2D eigenvalue weighted by atomic mass is 35.5. The molecule has 2 aliphatic rings. The van der Waals surface area contributed by atoms with Crippen LogP contribution < -0.4 is 0 Å². The van der Waals surface area contributed by atoms with Gasteiger partial charge < -0.3 is 9.30 Å². The second kappa shape index (κ2) is 5.29. The number of nitrogens with zero attached hydrogens (tertiary/aromatic N) is 3. The molecule has 0 amide bonds. The van der Waals surface area contributed by atoms with E-state index in [4.69, 9.17) is 16.3 Å². The molecule has 0 N–H and O–H groups in total. The number of rotatable bonds is 5. The van der Waals surface area contributed by atoms with E-state index in [1.54, 1.807) is 11.4 Å². The maximum atomic E-state index is 12.8. The van der Waals surface area contributed by atoms with Crippen LogP contribution in [0.4, 0.5) is 0 Å². The SMILES string of the molecule is Cn1cnc(S(=O)(=O)N(C[C@@H]2CCOC2)C2CC2)c1Cl. The predicted octanol–water partition coefficient (Wildman–Crippen LogP) is 1.26. The Balaban J connectivity index is 1.87. The van der Waals surface area contributed by atoms with E-state index in [0.29, 0.717) is 19.8 Å². The Hall–Kier alpha value is -0.630. The quantitative estimate of drug-likeness (QED) is 0.819. The van der Waals surface area contributed by atoms with Gasteiger partial charge in [-0.25, -0.2) is 13.4 Å². The molecule has 8 heteroatoms. The second-order valence-electron chi connectivity index (χ2n) is 5.49. The van der Waals surface area contributed by atoms with Gasteiger partial charge in [0, 0.05) is 26.2 Å². The molecule has 1 saturated carbocycles. The molecular weight excluding hydrogens is 302 g/mol. The average molecular weight is 320 g/mol. The standard InChI is InChI=1S/C12H18ClN3O3S/c1-15-8-14-12(11(15)13)20(17,18)16(10-2-3-10)6-9-4-5-19-7-9/h8-10H,2-7H2,1H3/t9-/m0/s1. The normalized spacial score (nSPS) is 23.6. The highest BCUT2D eigenvalue weighted by Gasteiger charge is 2.41. The van der Waals surface area contributed by atoms with Crippen LogP contribution in [-0.2, 0) is 21.8 Å². The third kappa shape index (κ3) is 2.59. The summed E-state index contributed by atoms with van der Waals surface area (Å²) in [6.45, 7) is 1.85. The lowest BCUT2D eigenvalue weighted by Gasteiger charge is -2.23. The molecule has 1 saturated heterocycles. The first-order chi connectivity index (χ1) is 9.50. The van der Waals surface area contributed by atoms with Crippen LogP contribution in [-0.4, -0.2) is 48.1 Å². The summed E-state index contributed by atoms with van der Waals surface area (Å²) in [5.74, 6) is 0.271. The van der Waals surface area contributed by atoms with Crippen molar-refractivity contribution in [3.63, 3.8) is 0 Å². The maximum absolute atomic E-state index is 12.8. The highest BCUT2D eigenvalue weighted by Crippen LogP contribution is 2.35. The number of ether oxygens (including phenoxy) is 1. The minimum Gasteiger partial charge on any atom is -0.381 e. The summed E-state index contributed by atoms with van der Waals surface area (Å²) in [5, 5.41) is 0.130. The third-order valence-electron chi connectivity index (χ3n) is 3.80. The number of hydrogen-bond donors (Lipinski definition) is 0. The van der Waals surface area contributed by atoms with E-state index < -0.39 is 10.0 Å². The van der Waals surface area contributed by atoms with Crippen molar-refractivity contribution in [2.75, 3.05) is 19.8 Å². The lowest BCUT2D eigenvalue weighted by atomic mass is 10.1. The van der Waals surface area contributed by atoms with E-state index in [1.807, 2.05) is 0 Å². The van der Waals surface area contributed by atoms with Crippen LogP contribution in [0, 0.1) is 5.92 Å². The average Bonchev–Trinajstić information content (AvgIpc) is 2.99. The second-order valence-corrected chi connectivity index (χ2v) is 7.65. The molecule has 1 aliphatic carbocycles. The molecule has 0 aromatic carbocycles. The fraction of sp³-hybridized carbons (Fsp3) is 0.750. The molecule has 3 rings (SSSR count). The van der Waals surface area contributed by atoms with Crippen molar-refractivity contribution in [2.45, 2.75) is 30.3 Å². The zero-order valence-corrected chi connectivity index (χ0v) is 12.9. The molecule has 0 bridgehead atoms. The van der Waals surface area contributed by atoms with Crippen LogP contribution in [0.5, 0.6) is 0 Å².